The molecule has 148 valence electrons. The first kappa shape index (κ1) is 20.3. The van der Waals surface area contributed by atoms with E-state index in [2.05, 4.69) is 25.9 Å². The molecule has 29 heavy (non-hydrogen) atoms. The SMILES string of the molecule is CC(=O)Nc1ccc(Nc2ncnc(Nc3cc(Cl)ccc3Cl)c2[N+](=O)[O-])cc1. The lowest BCUT2D eigenvalue weighted by Gasteiger charge is -2.11. The third-order valence-electron chi connectivity index (χ3n) is 3.65. The van der Waals surface area contributed by atoms with Crippen LogP contribution in [0.2, 0.25) is 10.0 Å². The Labute approximate surface area is 175 Å². The van der Waals surface area contributed by atoms with Gasteiger partial charge in [-0.3, -0.25) is 14.9 Å². The van der Waals surface area contributed by atoms with Gasteiger partial charge in [-0.2, -0.15) is 0 Å². The molecule has 0 spiro atoms. The molecule has 1 aromatic heterocycles. The van der Waals surface area contributed by atoms with E-state index in [-0.39, 0.29) is 23.2 Å². The second kappa shape index (κ2) is 8.72. The van der Waals surface area contributed by atoms with Crippen LogP contribution in [0, 0.1) is 10.1 Å². The number of nitro groups is 1. The van der Waals surface area contributed by atoms with Crippen molar-refractivity contribution in [2.24, 2.45) is 0 Å². The van der Waals surface area contributed by atoms with Gasteiger partial charge in [-0.15, -0.1) is 0 Å². The Morgan fingerprint density at radius 2 is 1.62 bits per heavy atom. The number of rotatable bonds is 6. The Hall–Kier alpha value is -3.43. The number of carbonyl (C=O) groups is 1. The number of benzene rings is 2. The molecule has 0 aliphatic heterocycles. The molecule has 0 saturated carbocycles. The number of hydrogen-bond acceptors (Lipinski definition) is 7. The number of amides is 1. The van der Waals surface area contributed by atoms with Crippen LogP contribution in [0.25, 0.3) is 0 Å². The molecule has 1 amide bonds. The molecule has 1 heterocycles. The summed E-state index contributed by atoms with van der Waals surface area (Å²) in [4.78, 5) is 30.1. The van der Waals surface area contributed by atoms with Crippen molar-refractivity contribution in [1.82, 2.24) is 9.97 Å². The maximum absolute atomic E-state index is 11.7. The van der Waals surface area contributed by atoms with Gasteiger partial charge in [0.05, 0.1) is 15.6 Å². The zero-order valence-electron chi connectivity index (χ0n) is 14.9. The van der Waals surface area contributed by atoms with Gasteiger partial charge in [-0.05, 0) is 42.5 Å². The van der Waals surface area contributed by atoms with Gasteiger partial charge < -0.3 is 16.0 Å². The average molecular weight is 433 g/mol. The van der Waals surface area contributed by atoms with Crippen LogP contribution in [0.5, 0.6) is 0 Å². The lowest BCUT2D eigenvalue weighted by atomic mass is 10.2. The average Bonchev–Trinajstić information content (AvgIpc) is 2.66. The van der Waals surface area contributed by atoms with E-state index in [4.69, 9.17) is 23.2 Å². The molecule has 0 atom stereocenters. The van der Waals surface area contributed by atoms with Crippen molar-refractivity contribution in [3.8, 4) is 0 Å². The quantitative estimate of drug-likeness (QED) is 0.364. The number of nitrogens with one attached hydrogen (secondary N) is 3. The molecule has 0 unspecified atom stereocenters. The van der Waals surface area contributed by atoms with Gasteiger partial charge >= 0.3 is 5.69 Å². The molecule has 3 rings (SSSR count). The molecule has 0 aliphatic rings. The summed E-state index contributed by atoms with van der Waals surface area (Å²) in [5.74, 6) is -0.267. The van der Waals surface area contributed by atoms with Crippen LogP contribution in [0.15, 0.2) is 48.8 Å². The molecule has 3 N–H and O–H groups in total. The summed E-state index contributed by atoms with van der Waals surface area (Å²) in [5, 5.41) is 20.8. The Balaban J connectivity index is 1.91. The highest BCUT2D eigenvalue weighted by atomic mass is 35.5. The Morgan fingerprint density at radius 3 is 2.24 bits per heavy atom. The van der Waals surface area contributed by atoms with Gasteiger partial charge in [0.1, 0.15) is 6.33 Å². The van der Waals surface area contributed by atoms with E-state index in [9.17, 15) is 14.9 Å². The minimum absolute atomic E-state index is 0.0158. The van der Waals surface area contributed by atoms with Gasteiger partial charge in [-0.1, -0.05) is 23.2 Å². The Morgan fingerprint density at radius 1 is 1.00 bits per heavy atom. The van der Waals surface area contributed by atoms with Gasteiger partial charge in [0.2, 0.25) is 17.5 Å². The molecule has 0 radical (unpaired) electrons. The van der Waals surface area contributed by atoms with E-state index < -0.39 is 4.92 Å². The largest absolute Gasteiger partial charge is 0.353 e. The lowest BCUT2D eigenvalue weighted by molar-refractivity contribution is -0.383. The molecular weight excluding hydrogens is 419 g/mol. The van der Waals surface area contributed by atoms with E-state index in [0.717, 1.165) is 0 Å². The number of hydrogen-bond donors (Lipinski definition) is 3. The maximum Gasteiger partial charge on any atom is 0.353 e. The van der Waals surface area contributed by atoms with Crippen molar-refractivity contribution in [3.63, 3.8) is 0 Å². The predicted molar refractivity (Wildman–Crippen MR) is 112 cm³/mol. The minimum atomic E-state index is -0.602. The topological polar surface area (TPSA) is 122 Å². The van der Waals surface area contributed by atoms with Crippen molar-refractivity contribution < 1.29 is 9.72 Å². The smallest absolute Gasteiger partial charge is 0.334 e. The van der Waals surface area contributed by atoms with Crippen molar-refractivity contribution in [2.75, 3.05) is 16.0 Å². The summed E-state index contributed by atoms with van der Waals surface area (Å²) in [7, 11) is 0. The lowest BCUT2D eigenvalue weighted by Crippen LogP contribution is -2.07. The fourth-order valence-electron chi connectivity index (χ4n) is 2.43. The van der Waals surface area contributed by atoms with Crippen LogP contribution in [-0.2, 0) is 4.79 Å². The molecule has 9 nitrogen and oxygen atoms in total. The van der Waals surface area contributed by atoms with Crippen LogP contribution in [-0.4, -0.2) is 20.8 Å². The fraction of sp³-hybridized carbons (Fsp3) is 0.0556. The highest BCUT2D eigenvalue weighted by molar-refractivity contribution is 6.35. The van der Waals surface area contributed by atoms with Crippen molar-refractivity contribution in [3.05, 3.63) is 69.0 Å². The van der Waals surface area contributed by atoms with E-state index in [1.54, 1.807) is 36.4 Å². The number of anilines is 5. The van der Waals surface area contributed by atoms with E-state index in [0.29, 0.717) is 27.1 Å². The number of aromatic nitrogens is 2. The predicted octanol–water partition coefficient (Wildman–Crippen LogP) is 5.14. The van der Waals surface area contributed by atoms with Gasteiger partial charge in [-0.25, -0.2) is 9.97 Å². The first-order chi connectivity index (χ1) is 13.8. The first-order valence-electron chi connectivity index (χ1n) is 8.19. The second-order valence-electron chi connectivity index (χ2n) is 5.81. The van der Waals surface area contributed by atoms with Crippen LogP contribution in [0.1, 0.15) is 6.92 Å². The molecule has 2 aromatic carbocycles. The monoisotopic (exact) mass is 432 g/mol. The summed E-state index contributed by atoms with van der Waals surface area (Å²) in [6.07, 6.45) is 1.18. The third-order valence-corrected chi connectivity index (χ3v) is 4.22. The molecule has 3 aromatic rings. The number of nitrogens with zero attached hydrogens (tertiary/aromatic N) is 3. The Kier molecular flexibility index (Phi) is 6.10. The summed E-state index contributed by atoms with van der Waals surface area (Å²) in [6, 6.07) is 11.3. The summed E-state index contributed by atoms with van der Waals surface area (Å²) >= 11 is 12.1. The normalized spacial score (nSPS) is 10.3. The van der Waals surface area contributed by atoms with Crippen molar-refractivity contribution >= 4 is 63.5 Å². The van der Waals surface area contributed by atoms with Crippen LogP contribution in [0.3, 0.4) is 0 Å². The van der Waals surface area contributed by atoms with E-state index >= 15 is 0 Å². The summed E-state index contributed by atoms with van der Waals surface area (Å²) < 4.78 is 0. The van der Waals surface area contributed by atoms with Crippen LogP contribution in [0.4, 0.5) is 34.4 Å². The summed E-state index contributed by atoms with van der Waals surface area (Å²) in [5.41, 5.74) is 1.13. The second-order valence-corrected chi connectivity index (χ2v) is 6.65. The van der Waals surface area contributed by atoms with E-state index in [1.807, 2.05) is 0 Å². The molecule has 0 bridgehead atoms. The maximum atomic E-state index is 11.7. The molecular formula is C18H14Cl2N6O3. The molecule has 0 fully saturated rings. The zero-order chi connectivity index (χ0) is 21.0. The molecule has 0 saturated heterocycles. The third kappa shape index (κ3) is 5.09. The zero-order valence-corrected chi connectivity index (χ0v) is 16.5. The van der Waals surface area contributed by atoms with Gasteiger partial charge in [0.25, 0.3) is 0 Å². The number of carbonyl (C=O) groups excluding carboxylic acids is 1. The van der Waals surface area contributed by atoms with Crippen molar-refractivity contribution in [2.45, 2.75) is 6.92 Å². The fourth-order valence-corrected chi connectivity index (χ4v) is 2.77. The number of halogens is 2. The molecule has 0 aliphatic carbocycles. The highest BCUT2D eigenvalue weighted by Gasteiger charge is 2.24. The van der Waals surface area contributed by atoms with Crippen molar-refractivity contribution in [1.29, 1.82) is 0 Å². The minimum Gasteiger partial charge on any atom is -0.334 e. The van der Waals surface area contributed by atoms with Crippen LogP contribution >= 0.6 is 23.2 Å². The first-order valence-corrected chi connectivity index (χ1v) is 8.95. The molecule has 11 heteroatoms. The van der Waals surface area contributed by atoms with Gasteiger partial charge in [0.15, 0.2) is 0 Å². The van der Waals surface area contributed by atoms with Crippen LogP contribution < -0.4 is 16.0 Å². The van der Waals surface area contributed by atoms with E-state index in [1.165, 1.54) is 19.3 Å². The standard InChI is InChI=1S/C18H14Cl2N6O3/c1-10(27)23-12-3-5-13(6-4-12)24-17-16(26(28)29)18(22-9-21-17)25-15-8-11(19)2-7-14(15)20/h2-9H,1H3,(H,23,27)(H2,21,22,24,25). The van der Waals surface area contributed by atoms with Gasteiger partial charge in [0, 0.05) is 23.3 Å². The summed E-state index contributed by atoms with van der Waals surface area (Å²) in [6.45, 7) is 1.40. The highest BCUT2D eigenvalue weighted by Crippen LogP contribution is 2.35. The Bertz CT molecular complexity index is 1080.